The van der Waals surface area contributed by atoms with Crippen molar-refractivity contribution >= 4 is 17.6 Å². The molecule has 0 radical (unpaired) electrons. The van der Waals surface area contributed by atoms with E-state index in [0.29, 0.717) is 25.5 Å². The van der Waals surface area contributed by atoms with Crippen molar-refractivity contribution in [1.82, 2.24) is 20.4 Å². The minimum atomic E-state index is -0.0141. The Morgan fingerprint density at radius 2 is 2.21 bits per heavy atom. The molecule has 0 aliphatic carbocycles. The van der Waals surface area contributed by atoms with Gasteiger partial charge in [-0.15, -0.1) is 0 Å². The molecular weight excluding hydrogens is 328 g/mol. The molecule has 6 nitrogen and oxygen atoms in total. The number of halogens is 1. The summed E-state index contributed by atoms with van der Waals surface area (Å²) in [7, 11) is 0. The number of nitrogens with zero attached hydrogens (tertiary/aromatic N) is 3. The highest BCUT2D eigenvalue weighted by Gasteiger charge is 2.26. The Morgan fingerprint density at radius 1 is 1.42 bits per heavy atom. The first-order valence-electron chi connectivity index (χ1n) is 8.19. The predicted octanol–water partition coefficient (Wildman–Crippen LogP) is 3.16. The number of aromatic nitrogens is 2. The number of carbonyl (C=O) groups excluding carboxylic acids is 1. The van der Waals surface area contributed by atoms with E-state index in [0.717, 1.165) is 35.7 Å². The Labute approximate surface area is 146 Å². The van der Waals surface area contributed by atoms with Crippen LogP contribution in [0.15, 0.2) is 28.8 Å². The summed E-state index contributed by atoms with van der Waals surface area (Å²) in [6.07, 6.45) is 2.49. The molecule has 2 amide bonds. The number of aryl methyl sites for hydroxylation is 1. The van der Waals surface area contributed by atoms with Gasteiger partial charge in [-0.3, -0.25) is 0 Å². The van der Waals surface area contributed by atoms with Gasteiger partial charge in [0.2, 0.25) is 5.89 Å². The first kappa shape index (κ1) is 16.8. The number of piperidine rings is 1. The van der Waals surface area contributed by atoms with E-state index in [1.54, 1.807) is 6.92 Å². The molecule has 24 heavy (non-hydrogen) atoms. The summed E-state index contributed by atoms with van der Waals surface area (Å²) in [5.74, 6) is 1.62. The molecule has 2 heterocycles. The molecule has 0 atom stereocenters. The summed E-state index contributed by atoms with van der Waals surface area (Å²) in [4.78, 5) is 18.4. The smallest absolute Gasteiger partial charge is 0.317 e. The summed E-state index contributed by atoms with van der Waals surface area (Å²) < 4.78 is 5.03. The van der Waals surface area contributed by atoms with Gasteiger partial charge in [0.1, 0.15) is 0 Å². The van der Waals surface area contributed by atoms with Crippen LogP contribution >= 0.6 is 11.6 Å². The lowest BCUT2D eigenvalue weighted by Gasteiger charge is -2.30. The van der Waals surface area contributed by atoms with Crippen molar-refractivity contribution in [2.75, 3.05) is 19.6 Å². The van der Waals surface area contributed by atoms with Gasteiger partial charge in [0.25, 0.3) is 0 Å². The van der Waals surface area contributed by atoms with Crippen LogP contribution < -0.4 is 5.32 Å². The number of urea groups is 1. The zero-order valence-corrected chi connectivity index (χ0v) is 14.4. The molecule has 0 unspecified atom stereocenters. The molecule has 3 rings (SSSR count). The molecule has 128 valence electrons. The molecule has 2 aromatic rings. The topological polar surface area (TPSA) is 71.3 Å². The predicted molar refractivity (Wildman–Crippen MR) is 91.1 cm³/mol. The summed E-state index contributed by atoms with van der Waals surface area (Å²) in [5.41, 5.74) is 1.12. The SMILES string of the molecule is Cc1nc(C2CCN(C(=O)NCCc3cccc(Cl)c3)CC2)no1. The molecule has 1 saturated heterocycles. The fourth-order valence-electron chi connectivity index (χ4n) is 2.94. The van der Waals surface area contributed by atoms with Crippen LogP contribution in [0.5, 0.6) is 0 Å². The lowest BCUT2D eigenvalue weighted by atomic mass is 9.96. The van der Waals surface area contributed by atoms with Crippen LogP contribution in [0.3, 0.4) is 0 Å². The number of hydrogen-bond donors (Lipinski definition) is 1. The zero-order chi connectivity index (χ0) is 16.9. The Bertz CT molecular complexity index is 695. The maximum absolute atomic E-state index is 12.2. The van der Waals surface area contributed by atoms with E-state index in [1.165, 1.54) is 0 Å². The summed E-state index contributed by atoms with van der Waals surface area (Å²) in [6.45, 7) is 3.81. The van der Waals surface area contributed by atoms with E-state index in [4.69, 9.17) is 16.1 Å². The number of amides is 2. The summed E-state index contributed by atoms with van der Waals surface area (Å²) >= 11 is 5.96. The van der Waals surface area contributed by atoms with Crippen molar-refractivity contribution in [2.24, 2.45) is 0 Å². The number of carbonyl (C=O) groups is 1. The van der Waals surface area contributed by atoms with Crippen molar-refractivity contribution in [1.29, 1.82) is 0 Å². The number of benzene rings is 1. The molecule has 1 fully saturated rings. The van der Waals surface area contributed by atoms with Gasteiger partial charge in [0.15, 0.2) is 5.82 Å². The van der Waals surface area contributed by atoms with Crippen LogP contribution in [0.2, 0.25) is 5.02 Å². The maximum Gasteiger partial charge on any atom is 0.317 e. The standard InChI is InChI=1S/C17H21ClN4O2/c1-12-20-16(21-24-12)14-6-9-22(10-7-14)17(23)19-8-5-13-3-2-4-15(18)11-13/h2-4,11,14H,5-10H2,1H3,(H,19,23). The van der Waals surface area contributed by atoms with Gasteiger partial charge in [0, 0.05) is 37.5 Å². The Balaban J connectivity index is 1.42. The molecule has 0 saturated carbocycles. The van der Waals surface area contributed by atoms with Crippen molar-refractivity contribution in [3.63, 3.8) is 0 Å². The maximum atomic E-state index is 12.2. The average Bonchev–Trinajstić information content (AvgIpc) is 3.01. The largest absolute Gasteiger partial charge is 0.340 e. The highest BCUT2D eigenvalue weighted by molar-refractivity contribution is 6.30. The third-order valence-corrected chi connectivity index (χ3v) is 4.50. The van der Waals surface area contributed by atoms with Crippen LogP contribution in [-0.4, -0.2) is 40.7 Å². The van der Waals surface area contributed by atoms with Crippen LogP contribution in [0.1, 0.15) is 36.0 Å². The van der Waals surface area contributed by atoms with Crippen LogP contribution in [0.25, 0.3) is 0 Å². The molecule has 1 aliphatic heterocycles. The minimum Gasteiger partial charge on any atom is -0.340 e. The molecule has 1 aromatic carbocycles. The van der Waals surface area contributed by atoms with E-state index >= 15 is 0 Å². The minimum absolute atomic E-state index is 0.0141. The Morgan fingerprint density at radius 3 is 2.88 bits per heavy atom. The van der Waals surface area contributed by atoms with Crippen LogP contribution in [0, 0.1) is 6.92 Å². The molecule has 1 N–H and O–H groups in total. The van der Waals surface area contributed by atoms with Crippen molar-refractivity contribution in [3.8, 4) is 0 Å². The third-order valence-electron chi connectivity index (χ3n) is 4.27. The molecule has 1 aliphatic rings. The van der Waals surface area contributed by atoms with Gasteiger partial charge < -0.3 is 14.7 Å². The number of likely N-dealkylation sites (tertiary alicyclic amines) is 1. The van der Waals surface area contributed by atoms with Gasteiger partial charge in [-0.25, -0.2) is 4.79 Å². The van der Waals surface area contributed by atoms with Crippen LogP contribution in [0.4, 0.5) is 4.79 Å². The number of hydrogen-bond acceptors (Lipinski definition) is 4. The summed E-state index contributed by atoms with van der Waals surface area (Å²) in [5, 5.41) is 7.68. The number of nitrogens with one attached hydrogen (secondary N) is 1. The van der Waals surface area contributed by atoms with Crippen LogP contribution in [-0.2, 0) is 6.42 Å². The second kappa shape index (κ2) is 7.66. The van der Waals surface area contributed by atoms with Crippen molar-refractivity contribution in [3.05, 3.63) is 46.6 Å². The number of rotatable bonds is 4. The van der Waals surface area contributed by atoms with Gasteiger partial charge in [-0.05, 0) is 37.0 Å². The fraction of sp³-hybridized carbons (Fsp3) is 0.471. The molecule has 0 spiro atoms. The highest BCUT2D eigenvalue weighted by atomic mass is 35.5. The molecular formula is C17H21ClN4O2. The molecule has 7 heteroatoms. The third kappa shape index (κ3) is 4.26. The van der Waals surface area contributed by atoms with Gasteiger partial charge in [-0.2, -0.15) is 4.98 Å². The summed E-state index contributed by atoms with van der Waals surface area (Å²) in [6, 6.07) is 7.69. The van der Waals surface area contributed by atoms with Crippen molar-refractivity contribution < 1.29 is 9.32 Å². The monoisotopic (exact) mass is 348 g/mol. The Kier molecular flexibility index (Phi) is 5.35. The van der Waals surface area contributed by atoms with Gasteiger partial charge >= 0.3 is 6.03 Å². The Hall–Kier alpha value is -2.08. The lowest BCUT2D eigenvalue weighted by molar-refractivity contribution is 0.180. The second-order valence-electron chi connectivity index (χ2n) is 6.04. The fourth-order valence-corrected chi connectivity index (χ4v) is 3.15. The van der Waals surface area contributed by atoms with Gasteiger partial charge in [-0.1, -0.05) is 28.9 Å². The lowest BCUT2D eigenvalue weighted by Crippen LogP contribution is -2.44. The zero-order valence-electron chi connectivity index (χ0n) is 13.7. The second-order valence-corrected chi connectivity index (χ2v) is 6.48. The van der Waals surface area contributed by atoms with Crippen molar-refractivity contribution in [2.45, 2.75) is 32.1 Å². The van der Waals surface area contributed by atoms with E-state index in [9.17, 15) is 4.79 Å². The van der Waals surface area contributed by atoms with E-state index in [-0.39, 0.29) is 11.9 Å². The van der Waals surface area contributed by atoms with E-state index in [1.807, 2.05) is 29.2 Å². The van der Waals surface area contributed by atoms with E-state index < -0.39 is 0 Å². The first-order chi connectivity index (χ1) is 11.6. The molecule has 0 bridgehead atoms. The average molecular weight is 349 g/mol. The quantitative estimate of drug-likeness (QED) is 0.921. The first-order valence-corrected chi connectivity index (χ1v) is 8.57. The van der Waals surface area contributed by atoms with E-state index in [2.05, 4.69) is 15.5 Å². The normalized spacial score (nSPS) is 15.5. The van der Waals surface area contributed by atoms with Gasteiger partial charge in [0.05, 0.1) is 0 Å². The highest BCUT2D eigenvalue weighted by Crippen LogP contribution is 2.25. The molecule has 1 aromatic heterocycles.